The molecule has 0 bridgehead atoms. The Morgan fingerprint density at radius 3 is 2.54 bits per heavy atom. The number of nitrogens with zero attached hydrogens (tertiary/aromatic N) is 2. The predicted octanol–water partition coefficient (Wildman–Crippen LogP) is 1.85. The van der Waals surface area contributed by atoms with Crippen LogP contribution in [0.25, 0.3) is 0 Å². The SMILES string of the molecule is CCN(Cc1ccccc1)C(=O)CNC(=NC)NC(C)COC.I. The average Bonchev–Trinajstić information content (AvgIpc) is 2.57. The van der Waals surface area contributed by atoms with Gasteiger partial charge in [-0.15, -0.1) is 24.0 Å². The van der Waals surface area contributed by atoms with E-state index in [1.807, 2.05) is 49.1 Å². The molecule has 1 aromatic rings. The van der Waals surface area contributed by atoms with Crippen LogP contribution < -0.4 is 10.6 Å². The van der Waals surface area contributed by atoms with E-state index in [1.165, 1.54) is 0 Å². The van der Waals surface area contributed by atoms with Gasteiger partial charge in [-0.05, 0) is 19.4 Å². The molecule has 0 fully saturated rings. The predicted molar refractivity (Wildman–Crippen MR) is 109 cm³/mol. The van der Waals surface area contributed by atoms with Crippen molar-refractivity contribution < 1.29 is 9.53 Å². The van der Waals surface area contributed by atoms with Crippen LogP contribution in [0.15, 0.2) is 35.3 Å². The van der Waals surface area contributed by atoms with Crippen LogP contribution in [0.5, 0.6) is 0 Å². The maximum Gasteiger partial charge on any atom is 0.242 e. The number of hydrogen-bond acceptors (Lipinski definition) is 3. The topological polar surface area (TPSA) is 66.0 Å². The minimum atomic E-state index is 0. The smallest absolute Gasteiger partial charge is 0.242 e. The lowest BCUT2D eigenvalue weighted by atomic mass is 10.2. The molecule has 0 heterocycles. The molecule has 1 atom stereocenters. The van der Waals surface area contributed by atoms with Gasteiger partial charge in [0.25, 0.3) is 0 Å². The van der Waals surface area contributed by atoms with E-state index in [0.29, 0.717) is 25.7 Å². The van der Waals surface area contributed by atoms with Gasteiger partial charge in [-0.25, -0.2) is 0 Å². The molecule has 0 radical (unpaired) electrons. The molecule has 0 aliphatic heterocycles. The van der Waals surface area contributed by atoms with Gasteiger partial charge < -0.3 is 20.3 Å². The highest BCUT2D eigenvalue weighted by atomic mass is 127. The zero-order valence-corrected chi connectivity index (χ0v) is 17.2. The Labute approximate surface area is 162 Å². The van der Waals surface area contributed by atoms with Gasteiger partial charge >= 0.3 is 0 Å². The lowest BCUT2D eigenvalue weighted by molar-refractivity contribution is -0.130. The van der Waals surface area contributed by atoms with Crippen LogP contribution in [0.4, 0.5) is 0 Å². The number of rotatable bonds is 8. The van der Waals surface area contributed by atoms with Crippen LogP contribution in [0.2, 0.25) is 0 Å². The second-order valence-electron chi connectivity index (χ2n) is 5.32. The van der Waals surface area contributed by atoms with Crippen LogP contribution in [0.1, 0.15) is 19.4 Å². The summed E-state index contributed by atoms with van der Waals surface area (Å²) in [6.07, 6.45) is 0. The van der Waals surface area contributed by atoms with Crippen LogP contribution in [0.3, 0.4) is 0 Å². The number of nitrogens with one attached hydrogen (secondary N) is 2. The van der Waals surface area contributed by atoms with Gasteiger partial charge in [-0.3, -0.25) is 9.79 Å². The molecule has 0 aliphatic carbocycles. The van der Waals surface area contributed by atoms with Crippen LogP contribution in [-0.4, -0.2) is 56.7 Å². The number of benzene rings is 1. The molecule has 0 aromatic heterocycles. The number of methoxy groups -OCH3 is 1. The molecule has 136 valence electrons. The first-order valence-corrected chi connectivity index (χ1v) is 7.88. The number of ether oxygens (including phenoxy) is 1. The second kappa shape index (κ2) is 13.0. The molecular weight excluding hydrogens is 419 g/mol. The number of hydrogen-bond donors (Lipinski definition) is 2. The number of aliphatic imine (C=N–C) groups is 1. The molecule has 1 unspecified atom stereocenters. The zero-order valence-electron chi connectivity index (χ0n) is 14.9. The van der Waals surface area contributed by atoms with Crippen molar-refractivity contribution in [3.63, 3.8) is 0 Å². The van der Waals surface area contributed by atoms with Crippen molar-refractivity contribution in [1.29, 1.82) is 0 Å². The number of halogens is 1. The van der Waals surface area contributed by atoms with Gasteiger partial charge in [0.1, 0.15) is 0 Å². The molecule has 24 heavy (non-hydrogen) atoms. The number of likely N-dealkylation sites (N-methyl/N-ethyl adjacent to an activating group) is 1. The van der Waals surface area contributed by atoms with Crippen molar-refractivity contribution in [2.75, 3.05) is 33.9 Å². The number of carbonyl (C=O) groups is 1. The third kappa shape index (κ3) is 8.49. The molecule has 0 aliphatic rings. The standard InChI is InChI=1S/C17H28N4O2.HI/c1-5-21(12-15-9-7-6-8-10-15)16(22)11-19-17(18-3)20-14(2)13-23-4;/h6-10,14H,5,11-13H2,1-4H3,(H2,18,19,20);1H. The fourth-order valence-corrected chi connectivity index (χ4v) is 2.17. The molecule has 1 amide bonds. The lowest BCUT2D eigenvalue weighted by Gasteiger charge is -2.22. The summed E-state index contributed by atoms with van der Waals surface area (Å²) < 4.78 is 5.08. The number of carbonyl (C=O) groups excluding carboxylic acids is 1. The van der Waals surface area contributed by atoms with E-state index in [1.54, 1.807) is 14.2 Å². The van der Waals surface area contributed by atoms with Crippen molar-refractivity contribution >= 4 is 35.8 Å². The highest BCUT2D eigenvalue weighted by molar-refractivity contribution is 14.0. The normalized spacial score (nSPS) is 12.1. The second-order valence-corrected chi connectivity index (χ2v) is 5.32. The van der Waals surface area contributed by atoms with Gasteiger partial charge in [0.15, 0.2) is 5.96 Å². The Morgan fingerprint density at radius 2 is 2.00 bits per heavy atom. The van der Waals surface area contributed by atoms with Crippen LogP contribution in [0, 0.1) is 0 Å². The third-order valence-electron chi connectivity index (χ3n) is 3.38. The summed E-state index contributed by atoms with van der Waals surface area (Å²) >= 11 is 0. The summed E-state index contributed by atoms with van der Waals surface area (Å²) in [5, 5.41) is 6.22. The summed E-state index contributed by atoms with van der Waals surface area (Å²) in [5.74, 6) is 0.636. The van der Waals surface area contributed by atoms with E-state index >= 15 is 0 Å². The van der Waals surface area contributed by atoms with Gasteiger partial charge in [-0.2, -0.15) is 0 Å². The first kappa shape index (κ1) is 22.6. The Kier molecular flexibility index (Phi) is 12.3. The van der Waals surface area contributed by atoms with E-state index < -0.39 is 0 Å². The molecule has 1 rings (SSSR count). The monoisotopic (exact) mass is 448 g/mol. The average molecular weight is 448 g/mol. The summed E-state index contributed by atoms with van der Waals surface area (Å²) in [7, 11) is 3.33. The molecule has 7 heteroatoms. The van der Waals surface area contributed by atoms with Crippen molar-refractivity contribution in [1.82, 2.24) is 15.5 Å². The molecule has 6 nitrogen and oxygen atoms in total. The van der Waals surface area contributed by atoms with E-state index in [2.05, 4.69) is 15.6 Å². The minimum absolute atomic E-state index is 0. The zero-order chi connectivity index (χ0) is 17.1. The first-order chi connectivity index (χ1) is 11.1. The summed E-state index contributed by atoms with van der Waals surface area (Å²) in [6.45, 7) is 6.04. The highest BCUT2D eigenvalue weighted by Crippen LogP contribution is 2.04. The van der Waals surface area contributed by atoms with Crippen molar-refractivity contribution in [3.8, 4) is 0 Å². The Hall–Kier alpha value is -1.35. The first-order valence-electron chi connectivity index (χ1n) is 7.88. The summed E-state index contributed by atoms with van der Waals surface area (Å²) in [4.78, 5) is 18.3. The Morgan fingerprint density at radius 1 is 1.33 bits per heavy atom. The van der Waals surface area contributed by atoms with Gasteiger partial charge in [-0.1, -0.05) is 30.3 Å². The summed E-state index contributed by atoms with van der Waals surface area (Å²) in [5.41, 5.74) is 1.12. The van der Waals surface area contributed by atoms with Crippen molar-refractivity contribution in [2.45, 2.75) is 26.4 Å². The third-order valence-corrected chi connectivity index (χ3v) is 3.38. The van der Waals surface area contributed by atoms with Crippen LogP contribution >= 0.6 is 24.0 Å². The molecule has 0 saturated carbocycles. The molecule has 0 spiro atoms. The van der Waals surface area contributed by atoms with E-state index in [-0.39, 0.29) is 42.5 Å². The maximum atomic E-state index is 12.4. The van der Waals surface area contributed by atoms with E-state index in [0.717, 1.165) is 5.56 Å². The van der Waals surface area contributed by atoms with Crippen molar-refractivity contribution in [2.24, 2.45) is 4.99 Å². The largest absolute Gasteiger partial charge is 0.383 e. The lowest BCUT2D eigenvalue weighted by Crippen LogP contribution is -2.47. The Balaban J connectivity index is 0.00000529. The molecular formula is C17H29IN4O2. The minimum Gasteiger partial charge on any atom is -0.383 e. The van der Waals surface area contributed by atoms with Crippen LogP contribution in [-0.2, 0) is 16.1 Å². The van der Waals surface area contributed by atoms with Gasteiger partial charge in [0.2, 0.25) is 5.91 Å². The maximum absolute atomic E-state index is 12.4. The number of guanidine groups is 1. The molecule has 0 saturated heterocycles. The fourth-order valence-electron chi connectivity index (χ4n) is 2.17. The quantitative estimate of drug-likeness (QED) is 0.362. The molecule has 1 aromatic carbocycles. The summed E-state index contributed by atoms with van der Waals surface area (Å²) in [6, 6.07) is 10.1. The van der Waals surface area contributed by atoms with Gasteiger partial charge in [0.05, 0.1) is 13.2 Å². The molecule has 2 N–H and O–H groups in total. The fraction of sp³-hybridized carbons (Fsp3) is 0.529. The van der Waals surface area contributed by atoms with E-state index in [4.69, 9.17) is 4.74 Å². The Bertz CT molecular complexity index is 497. The number of amides is 1. The van der Waals surface area contributed by atoms with Crippen molar-refractivity contribution in [3.05, 3.63) is 35.9 Å². The van der Waals surface area contributed by atoms with Gasteiger partial charge in [0, 0.05) is 33.3 Å². The highest BCUT2D eigenvalue weighted by Gasteiger charge is 2.13. The van der Waals surface area contributed by atoms with E-state index in [9.17, 15) is 4.79 Å².